The molecule has 1 atom stereocenters. The lowest BCUT2D eigenvalue weighted by Crippen LogP contribution is -2.49. The molecule has 1 saturated heterocycles. The van der Waals surface area contributed by atoms with Crippen molar-refractivity contribution in [2.45, 2.75) is 32.6 Å². The fourth-order valence-electron chi connectivity index (χ4n) is 2.61. The normalized spacial score (nSPS) is 24.5. The first-order chi connectivity index (χ1) is 8.27. The van der Waals surface area contributed by atoms with Crippen molar-refractivity contribution in [3.63, 3.8) is 0 Å². The van der Waals surface area contributed by atoms with E-state index >= 15 is 0 Å². The van der Waals surface area contributed by atoms with Gasteiger partial charge in [-0.2, -0.15) is 0 Å². The van der Waals surface area contributed by atoms with Crippen LogP contribution in [0.5, 0.6) is 0 Å². The van der Waals surface area contributed by atoms with Gasteiger partial charge < -0.3 is 5.32 Å². The van der Waals surface area contributed by atoms with Crippen LogP contribution in [0.15, 0.2) is 24.5 Å². The lowest BCUT2D eigenvalue weighted by atomic mass is 9.76. The van der Waals surface area contributed by atoms with Gasteiger partial charge in [0.2, 0.25) is 5.91 Å². The Labute approximate surface area is 102 Å². The Morgan fingerprint density at radius 2 is 2.24 bits per heavy atom. The van der Waals surface area contributed by atoms with E-state index in [9.17, 15) is 4.79 Å². The average molecular weight is 235 g/mol. The van der Waals surface area contributed by atoms with Crippen molar-refractivity contribution in [1.29, 1.82) is 0 Å². The van der Waals surface area contributed by atoms with Crippen LogP contribution in [0.25, 0.3) is 0 Å². The standard InChI is InChI=1S/C13H21N3O/c1-2-6-13(7-5-8-14-11-13)12(17)15-16-9-3-4-10-16/h3-4,9-10,14H,2,5-8,11H2,1H3,(H,15,17). The topological polar surface area (TPSA) is 46.1 Å². The third-order valence-electron chi connectivity index (χ3n) is 3.52. The summed E-state index contributed by atoms with van der Waals surface area (Å²) in [4.78, 5) is 12.4. The Morgan fingerprint density at radius 1 is 1.47 bits per heavy atom. The van der Waals surface area contributed by atoms with Gasteiger partial charge in [0.25, 0.3) is 0 Å². The highest BCUT2D eigenvalue weighted by atomic mass is 16.2. The fraction of sp³-hybridized carbons (Fsp3) is 0.615. The van der Waals surface area contributed by atoms with Crippen LogP contribution in [0.3, 0.4) is 0 Å². The number of rotatable bonds is 4. The van der Waals surface area contributed by atoms with E-state index in [1.165, 1.54) is 0 Å². The largest absolute Gasteiger partial charge is 0.316 e. The van der Waals surface area contributed by atoms with Crippen molar-refractivity contribution >= 4 is 5.91 Å². The van der Waals surface area contributed by atoms with E-state index < -0.39 is 0 Å². The number of carbonyl (C=O) groups is 1. The number of hydrogen-bond donors (Lipinski definition) is 2. The van der Waals surface area contributed by atoms with Gasteiger partial charge in [0, 0.05) is 18.9 Å². The summed E-state index contributed by atoms with van der Waals surface area (Å²) in [5, 5.41) is 3.35. The van der Waals surface area contributed by atoms with Crippen molar-refractivity contribution in [2.75, 3.05) is 18.5 Å². The molecule has 4 nitrogen and oxygen atoms in total. The predicted molar refractivity (Wildman–Crippen MR) is 68.2 cm³/mol. The summed E-state index contributed by atoms with van der Waals surface area (Å²) in [6, 6.07) is 3.82. The molecule has 0 saturated carbocycles. The quantitative estimate of drug-likeness (QED) is 0.835. The maximum Gasteiger partial charge on any atom is 0.246 e. The number of nitrogens with zero attached hydrogens (tertiary/aromatic N) is 1. The van der Waals surface area contributed by atoms with Crippen molar-refractivity contribution in [2.24, 2.45) is 5.41 Å². The van der Waals surface area contributed by atoms with Gasteiger partial charge >= 0.3 is 0 Å². The van der Waals surface area contributed by atoms with Crippen molar-refractivity contribution in [3.05, 3.63) is 24.5 Å². The Morgan fingerprint density at radius 3 is 2.82 bits per heavy atom. The summed E-state index contributed by atoms with van der Waals surface area (Å²) >= 11 is 0. The van der Waals surface area contributed by atoms with E-state index in [1.807, 2.05) is 24.5 Å². The SMILES string of the molecule is CCCC1(C(=O)Nn2cccc2)CCCNC1. The van der Waals surface area contributed by atoms with Crippen LogP contribution in [-0.2, 0) is 4.79 Å². The van der Waals surface area contributed by atoms with Crippen LogP contribution in [0.2, 0.25) is 0 Å². The lowest BCUT2D eigenvalue weighted by Gasteiger charge is -2.36. The van der Waals surface area contributed by atoms with Gasteiger partial charge in [0.15, 0.2) is 0 Å². The van der Waals surface area contributed by atoms with Crippen LogP contribution in [0.4, 0.5) is 0 Å². The van der Waals surface area contributed by atoms with Crippen molar-refractivity contribution in [1.82, 2.24) is 9.99 Å². The number of nitrogens with one attached hydrogen (secondary N) is 2. The molecule has 0 spiro atoms. The maximum absolute atomic E-state index is 12.4. The molecule has 1 aliphatic rings. The van der Waals surface area contributed by atoms with Crippen LogP contribution in [0, 0.1) is 5.41 Å². The molecule has 0 bridgehead atoms. The third kappa shape index (κ3) is 2.69. The summed E-state index contributed by atoms with van der Waals surface area (Å²) in [7, 11) is 0. The number of aromatic nitrogens is 1. The number of hydrogen-bond acceptors (Lipinski definition) is 2. The first-order valence-corrected chi connectivity index (χ1v) is 6.42. The Balaban J connectivity index is 2.06. The second-order valence-corrected chi connectivity index (χ2v) is 4.84. The average Bonchev–Trinajstić information content (AvgIpc) is 2.83. The van der Waals surface area contributed by atoms with E-state index in [4.69, 9.17) is 0 Å². The zero-order valence-corrected chi connectivity index (χ0v) is 10.4. The molecule has 17 heavy (non-hydrogen) atoms. The molecule has 1 aromatic rings. The van der Waals surface area contributed by atoms with Crippen molar-refractivity contribution < 1.29 is 4.79 Å². The Kier molecular flexibility index (Phi) is 3.84. The van der Waals surface area contributed by atoms with Crippen LogP contribution >= 0.6 is 0 Å². The minimum absolute atomic E-state index is 0.141. The highest BCUT2D eigenvalue weighted by Gasteiger charge is 2.38. The highest BCUT2D eigenvalue weighted by Crippen LogP contribution is 2.32. The first kappa shape index (κ1) is 12.2. The van der Waals surface area contributed by atoms with Crippen LogP contribution in [0.1, 0.15) is 32.6 Å². The molecule has 1 amide bonds. The molecule has 1 aromatic heterocycles. The third-order valence-corrected chi connectivity index (χ3v) is 3.52. The molecular weight excluding hydrogens is 214 g/mol. The molecule has 1 aliphatic heterocycles. The summed E-state index contributed by atoms with van der Waals surface area (Å²) in [6.45, 7) is 3.97. The molecule has 4 heteroatoms. The van der Waals surface area contributed by atoms with Gasteiger partial charge in [-0.25, -0.2) is 0 Å². The number of carbonyl (C=O) groups excluding carboxylic acids is 1. The molecule has 2 heterocycles. The minimum Gasteiger partial charge on any atom is -0.316 e. The number of amides is 1. The summed E-state index contributed by atoms with van der Waals surface area (Å²) in [5.41, 5.74) is 2.73. The number of piperidine rings is 1. The van der Waals surface area contributed by atoms with E-state index in [0.29, 0.717) is 0 Å². The van der Waals surface area contributed by atoms with Gasteiger partial charge in [0.1, 0.15) is 0 Å². The minimum atomic E-state index is -0.225. The van der Waals surface area contributed by atoms with Gasteiger partial charge in [-0.3, -0.25) is 14.9 Å². The second kappa shape index (κ2) is 5.36. The molecule has 0 radical (unpaired) electrons. The fourth-order valence-corrected chi connectivity index (χ4v) is 2.61. The smallest absolute Gasteiger partial charge is 0.246 e. The highest BCUT2D eigenvalue weighted by molar-refractivity contribution is 5.89. The molecular formula is C13H21N3O. The maximum atomic E-state index is 12.4. The van der Waals surface area contributed by atoms with Gasteiger partial charge in [-0.1, -0.05) is 13.3 Å². The molecule has 2 rings (SSSR count). The van der Waals surface area contributed by atoms with E-state index in [1.54, 1.807) is 4.68 Å². The van der Waals surface area contributed by atoms with Gasteiger partial charge in [0.05, 0.1) is 5.41 Å². The molecule has 0 aliphatic carbocycles. The predicted octanol–water partition coefficient (Wildman–Crippen LogP) is 1.73. The Hall–Kier alpha value is -1.29. The monoisotopic (exact) mass is 235 g/mol. The molecule has 1 unspecified atom stereocenters. The van der Waals surface area contributed by atoms with E-state index in [-0.39, 0.29) is 11.3 Å². The molecule has 94 valence electrons. The molecule has 2 N–H and O–H groups in total. The molecule has 1 fully saturated rings. The first-order valence-electron chi connectivity index (χ1n) is 6.42. The zero-order valence-electron chi connectivity index (χ0n) is 10.4. The Bertz CT molecular complexity index is 347. The second-order valence-electron chi connectivity index (χ2n) is 4.84. The van der Waals surface area contributed by atoms with Gasteiger partial charge in [-0.05, 0) is 37.9 Å². The summed E-state index contributed by atoms with van der Waals surface area (Å²) in [6.07, 6.45) is 7.77. The summed E-state index contributed by atoms with van der Waals surface area (Å²) in [5.74, 6) is 0.141. The molecule has 0 aromatic carbocycles. The van der Waals surface area contributed by atoms with Crippen LogP contribution in [-0.4, -0.2) is 23.7 Å². The van der Waals surface area contributed by atoms with Crippen molar-refractivity contribution in [3.8, 4) is 0 Å². The van der Waals surface area contributed by atoms with Crippen LogP contribution < -0.4 is 10.7 Å². The summed E-state index contributed by atoms with van der Waals surface area (Å²) < 4.78 is 1.73. The van der Waals surface area contributed by atoms with E-state index in [2.05, 4.69) is 17.7 Å². The van der Waals surface area contributed by atoms with E-state index in [0.717, 1.165) is 38.8 Å². The van der Waals surface area contributed by atoms with Gasteiger partial charge in [-0.15, -0.1) is 0 Å². The lowest BCUT2D eigenvalue weighted by molar-refractivity contribution is -0.128. The zero-order chi connectivity index (χ0) is 12.1.